The van der Waals surface area contributed by atoms with Gasteiger partial charge in [0, 0.05) is 32.6 Å². The van der Waals surface area contributed by atoms with E-state index in [1.54, 1.807) is 0 Å². The van der Waals surface area contributed by atoms with E-state index in [1.807, 2.05) is 36.5 Å². The van der Waals surface area contributed by atoms with Gasteiger partial charge in [0.2, 0.25) is 5.78 Å². The van der Waals surface area contributed by atoms with Gasteiger partial charge in [0.25, 0.3) is 0 Å². The molecule has 1 atom stereocenters. The van der Waals surface area contributed by atoms with Gasteiger partial charge in [-0.1, -0.05) is 65.2 Å². The fourth-order valence-corrected chi connectivity index (χ4v) is 5.20. The predicted molar refractivity (Wildman–Crippen MR) is 147 cm³/mol. The van der Waals surface area contributed by atoms with E-state index in [4.69, 9.17) is 0 Å². The number of rotatable bonds is 15. The molecule has 0 aliphatic heterocycles. The van der Waals surface area contributed by atoms with Crippen molar-refractivity contribution in [3.05, 3.63) is 80.9 Å². The van der Waals surface area contributed by atoms with Gasteiger partial charge in [-0.2, -0.15) is 0 Å². The van der Waals surface area contributed by atoms with Crippen LogP contribution >= 0.6 is 22.6 Å². The zero-order chi connectivity index (χ0) is 23.5. The number of aromatic amines is 2. The number of benzene rings is 1. The summed E-state index contributed by atoms with van der Waals surface area (Å²) in [4.78, 5) is 20.1. The first-order valence-electron chi connectivity index (χ1n) is 12.8. The maximum atomic E-state index is 13.1. The Morgan fingerprint density at radius 3 is 2.06 bits per heavy atom. The van der Waals surface area contributed by atoms with Crippen molar-refractivity contribution in [1.29, 1.82) is 0 Å². The Hall–Kier alpha value is -1.82. The summed E-state index contributed by atoms with van der Waals surface area (Å²) in [6.07, 6.45) is 14.8. The largest absolute Gasteiger partial charge is 0.364 e. The minimum absolute atomic E-state index is 0.0605. The molecule has 3 aromatic rings. The SMILES string of the molecule is CCCCCCC(CCCCCC)C(c1ccc[nH]1)c1ccc(C(=O)c2ccc(I)cc2)[nH]1. The molecule has 0 fully saturated rings. The zero-order valence-corrected chi connectivity index (χ0v) is 22.4. The van der Waals surface area contributed by atoms with Gasteiger partial charge in [0.1, 0.15) is 0 Å². The Bertz CT molecular complexity index is 930. The molecule has 0 spiro atoms. The summed E-state index contributed by atoms with van der Waals surface area (Å²) >= 11 is 2.27. The number of aromatic nitrogens is 2. The van der Waals surface area contributed by atoms with Crippen LogP contribution in [0.5, 0.6) is 0 Å². The lowest BCUT2D eigenvalue weighted by Gasteiger charge is -2.26. The molecule has 2 heterocycles. The van der Waals surface area contributed by atoms with Gasteiger partial charge in [0.05, 0.1) is 5.69 Å². The van der Waals surface area contributed by atoms with Gasteiger partial charge in [-0.05, 0) is 89.9 Å². The molecule has 0 amide bonds. The zero-order valence-electron chi connectivity index (χ0n) is 20.2. The third-order valence-corrected chi connectivity index (χ3v) is 7.40. The number of carbonyl (C=O) groups is 1. The molecule has 0 saturated heterocycles. The molecule has 2 aromatic heterocycles. The molecule has 0 radical (unpaired) electrons. The number of nitrogens with one attached hydrogen (secondary N) is 2. The maximum Gasteiger partial charge on any atom is 0.209 e. The number of unbranched alkanes of at least 4 members (excludes halogenated alkanes) is 6. The number of hydrogen-bond donors (Lipinski definition) is 2. The van der Waals surface area contributed by atoms with E-state index in [1.165, 1.54) is 69.9 Å². The average Bonchev–Trinajstić information content (AvgIpc) is 3.52. The third-order valence-electron chi connectivity index (χ3n) is 6.68. The van der Waals surface area contributed by atoms with E-state index in [0.717, 1.165) is 14.8 Å². The average molecular weight is 559 g/mol. The first-order chi connectivity index (χ1) is 16.1. The van der Waals surface area contributed by atoms with Crippen molar-refractivity contribution in [2.24, 2.45) is 5.92 Å². The van der Waals surface area contributed by atoms with E-state index in [2.05, 4.69) is 64.6 Å². The number of ketones is 1. The molecule has 3 rings (SSSR count). The lowest BCUT2D eigenvalue weighted by atomic mass is 9.80. The highest BCUT2D eigenvalue weighted by atomic mass is 127. The molecule has 3 nitrogen and oxygen atoms in total. The van der Waals surface area contributed by atoms with Crippen molar-refractivity contribution in [2.45, 2.75) is 84.0 Å². The molecule has 0 aliphatic rings. The molecule has 2 N–H and O–H groups in total. The summed E-state index contributed by atoms with van der Waals surface area (Å²) < 4.78 is 1.14. The monoisotopic (exact) mass is 558 g/mol. The number of H-pyrrole nitrogens is 2. The fraction of sp³-hybridized carbons (Fsp3) is 0.483. The Kier molecular flexibility index (Phi) is 10.8. The molecule has 1 aromatic carbocycles. The molecule has 178 valence electrons. The van der Waals surface area contributed by atoms with Crippen LogP contribution in [0.1, 0.15) is 111 Å². The van der Waals surface area contributed by atoms with Gasteiger partial charge in [0.15, 0.2) is 0 Å². The van der Waals surface area contributed by atoms with E-state index in [-0.39, 0.29) is 11.7 Å². The lowest BCUT2D eigenvalue weighted by molar-refractivity contribution is 0.103. The standard InChI is InChI=1S/C29H39IN2O/c1-3-5-7-9-12-22(13-10-8-6-4-2)28(25-14-11-21-31-25)26-19-20-27(32-26)29(33)23-15-17-24(30)18-16-23/h11,14-22,28,31-32H,3-10,12-13H2,1-2H3. The van der Waals surface area contributed by atoms with E-state index in [9.17, 15) is 4.79 Å². The molecule has 1 unspecified atom stereocenters. The second kappa shape index (κ2) is 13.8. The summed E-state index contributed by atoms with van der Waals surface area (Å²) in [7, 11) is 0. The fourth-order valence-electron chi connectivity index (χ4n) is 4.84. The molecular weight excluding hydrogens is 519 g/mol. The predicted octanol–water partition coefficient (Wildman–Crippen LogP) is 8.87. The van der Waals surface area contributed by atoms with Crippen LogP contribution in [0.15, 0.2) is 54.7 Å². The van der Waals surface area contributed by atoms with E-state index < -0.39 is 0 Å². The Labute approximate surface area is 213 Å². The van der Waals surface area contributed by atoms with Crippen LogP contribution in [0.25, 0.3) is 0 Å². The Morgan fingerprint density at radius 1 is 0.818 bits per heavy atom. The highest BCUT2D eigenvalue weighted by molar-refractivity contribution is 14.1. The summed E-state index contributed by atoms with van der Waals surface area (Å²) in [6.45, 7) is 4.55. The summed E-state index contributed by atoms with van der Waals surface area (Å²) in [5, 5.41) is 0. The van der Waals surface area contributed by atoms with Crippen LogP contribution in [-0.2, 0) is 0 Å². The van der Waals surface area contributed by atoms with Crippen LogP contribution in [0, 0.1) is 9.49 Å². The molecule has 0 aliphatic carbocycles. The second-order valence-corrected chi connectivity index (χ2v) is 10.5. The number of halogens is 1. The minimum Gasteiger partial charge on any atom is -0.364 e. The molecule has 4 heteroatoms. The Balaban J connectivity index is 1.83. The second-order valence-electron chi connectivity index (χ2n) is 9.23. The summed E-state index contributed by atoms with van der Waals surface area (Å²) in [6, 6.07) is 16.2. The molecule has 33 heavy (non-hydrogen) atoms. The smallest absolute Gasteiger partial charge is 0.209 e. The number of carbonyl (C=O) groups excluding carboxylic acids is 1. The minimum atomic E-state index is 0.0605. The van der Waals surface area contributed by atoms with Crippen LogP contribution < -0.4 is 0 Å². The highest BCUT2D eigenvalue weighted by Gasteiger charge is 2.27. The van der Waals surface area contributed by atoms with Crippen molar-refractivity contribution < 1.29 is 4.79 Å². The maximum absolute atomic E-state index is 13.1. The first kappa shape index (κ1) is 25.8. The van der Waals surface area contributed by atoms with Crippen LogP contribution in [0.3, 0.4) is 0 Å². The third kappa shape index (κ3) is 7.59. The highest BCUT2D eigenvalue weighted by Crippen LogP contribution is 2.37. The van der Waals surface area contributed by atoms with Crippen LogP contribution in [0.4, 0.5) is 0 Å². The first-order valence-corrected chi connectivity index (χ1v) is 13.8. The molecule has 0 saturated carbocycles. The van der Waals surface area contributed by atoms with E-state index >= 15 is 0 Å². The van der Waals surface area contributed by atoms with E-state index in [0.29, 0.717) is 11.6 Å². The van der Waals surface area contributed by atoms with Crippen molar-refractivity contribution in [3.8, 4) is 0 Å². The normalized spacial score (nSPS) is 12.4. The summed E-state index contributed by atoms with van der Waals surface area (Å²) in [5.74, 6) is 0.893. The van der Waals surface area contributed by atoms with Gasteiger partial charge in [-0.15, -0.1) is 0 Å². The lowest BCUT2D eigenvalue weighted by Crippen LogP contribution is -2.16. The van der Waals surface area contributed by atoms with Gasteiger partial charge >= 0.3 is 0 Å². The number of hydrogen-bond acceptors (Lipinski definition) is 1. The van der Waals surface area contributed by atoms with Crippen molar-refractivity contribution >= 4 is 28.4 Å². The van der Waals surface area contributed by atoms with Crippen molar-refractivity contribution in [3.63, 3.8) is 0 Å². The quantitative estimate of drug-likeness (QED) is 0.109. The van der Waals surface area contributed by atoms with Gasteiger partial charge < -0.3 is 9.97 Å². The summed E-state index contributed by atoms with van der Waals surface area (Å²) in [5.41, 5.74) is 3.82. The van der Waals surface area contributed by atoms with Gasteiger partial charge in [-0.25, -0.2) is 0 Å². The van der Waals surface area contributed by atoms with Crippen molar-refractivity contribution in [2.75, 3.05) is 0 Å². The van der Waals surface area contributed by atoms with Crippen LogP contribution in [-0.4, -0.2) is 15.8 Å². The molecular formula is C29H39IN2O. The van der Waals surface area contributed by atoms with Crippen molar-refractivity contribution in [1.82, 2.24) is 9.97 Å². The molecule has 0 bridgehead atoms. The topological polar surface area (TPSA) is 48.6 Å². The Morgan fingerprint density at radius 2 is 1.48 bits per heavy atom. The van der Waals surface area contributed by atoms with Crippen LogP contribution in [0.2, 0.25) is 0 Å². The van der Waals surface area contributed by atoms with Gasteiger partial charge in [-0.3, -0.25) is 4.79 Å².